The number of ether oxygens (including phenoxy) is 1. The van der Waals surface area contributed by atoms with Gasteiger partial charge in [0.15, 0.2) is 0 Å². The maximum atomic E-state index is 12.2. The van der Waals surface area contributed by atoms with E-state index >= 15 is 0 Å². The molecule has 1 aliphatic rings. The molecule has 5 heteroatoms. The van der Waals surface area contributed by atoms with E-state index in [2.05, 4.69) is 51.7 Å². The summed E-state index contributed by atoms with van der Waals surface area (Å²) in [6.07, 6.45) is 1.86. The highest BCUT2D eigenvalue weighted by molar-refractivity contribution is 9.10. The minimum atomic E-state index is -0.427. The van der Waals surface area contributed by atoms with Gasteiger partial charge in [-0.25, -0.2) is 4.79 Å². The van der Waals surface area contributed by atoms with Gasteiger partial charge in [0.05, 0.1) is 0 Å². The van der Waals surface area contributed by atoms with Gasteiger partial charge in [0.1, 0.15) is 5.60 Å². The predicted octanol–water partition coefficient (Wildman–Crippen LogP) is 5.36. The summed E-state index contributed by atoms with van der Waals surface area (Å²) in [7, 11) is 0. The minimum absolute atomic E-state index is 0.182. The van der Waals surface area contributed by atoms with Crippen LogP contribution in [0.25, 0.3) is 10.9 Å². The fourth-order valence-corrected chi connectivity index (χ4v) is 3.88. The number of piperidine rings is 1. The van der Waals surface area contributed by atoms with Gasteiger partial charge in [0.25, 0.3) is 0 Å². The lowest BCUT2D eigenvalue weighted by Crippen LogP contribution is -2.42. The second kappa shape index (κ2) is 7.02. The van der Waals surface area contributed by atoms with E-state index in [1.54, 1.807) is 0 Å². The summed E-state index contributed by atoms with van der Waals surface area (Å²) in [5, 5.41) is 1.28. The number of carbonyl (C=O) groups excluding carboxylic acids is 1. The van der Waals surface area contributed by atoms with Crippen LogP contribution in [-0.2, 0) is 11.3 Å². The van der Waals surface area contributed by atoms with Gasteiger partial charge >= 0.3 is 6.09 Å². The number of aryl methyl sites for hydroxylation is 1. The summed E-state index contributed by atoms with van der Waals surface area (Å²) in [6, 6.07) is 8.70. The number of amides is 1. The maximum absolute atomic E-state index is 12.2. The Kier molecular flexibility index (Phi) is 5.14. The molecule has 136 valence electrons. The fraction of sp³-hybridized carbons (Fsp3) is 0.550. The Balaban J connectivity index is 1.63. The Labute approximate surface area is 158 Å². The first-order valence-corrected chi connectivity index (χ1v) is 9.75. The van der Waals surface area contributed by atoms with E-state index in [1.807, 2.05) is 25.7 Å². The van der Waals surface area contributed by atoms with Gasteiger partial charge in [-0.1, -0.05) is 15.9 Å². The molecule has 0 saturated carbocycles. The number of hydrogen-bond donors (Lipinski definition) is 0. The first kappa shape index (κ1) is 18.3. The average molecular weight is 407 g/mol. The Morgan fingerprint density at radius 2 is 1.92 bits per heavy atom. The molecule has 1 aromatic heterocycles. The number of aromatic nitrogens is 1. The first-order chi connectivity index (χ1) is 11.7. The van der Waals surface area contributed by atoms with E-state index in [4.69, 9.17) is 4.74 Å². The summed E-state index contributed by atoms with van der Waals surface area (Å²) < 4.78 is 9.01. The zero-order valence-corrected chi connectivity index (χ0v) is 17.1. The molecule has 0 aliphatic carbocycles. The normalized spacial score (nSPS) is 16.4. The number of rotatable bonds is 2. The summed E-state index contributed by atoms with van der Waals surface area (Å²) in [5.41, 5.74) is 2.15. The van der Waals surface area contributed by atoms with E-state index in [-0.39, 0.29) is 6.09 Å². The molecular formula is C20H27BrN2O2. The van der Waals surface area contributed by atoms with Crippen molar-refractivity contribution in [2.24, 2.45) is 5.92 Å². The van der Waals surface area contributed by atoms with Crippen molar-refractivity contribution in [3.05, 3.63) is 34.4 Å². The monoisotopic (exact) mass is 406 g/mol. The number of nitrogens with zero attached hydrogens (tertiary/aromatic N) is 2. The first-order valence-electron chi connectivity index (χ1n) is 8.96. The van der Waals surface area contributed by atoms with Crippen molar-refractivity contribution < 1.29 is 9.53 Å². The van der Waals surface area contributed by atoms with Crippen LogP contribution in [0.5, 0.6) is 0 Å². The average Bonchev–Trinajstić information content (AvgIpc) is 2.81. The number of hydrogen-bond acceptors (Lipinski definition) is 2. The van der Waals surface area contributed by atoms with Gasteiger partial charge in [0.2, 0.25) is 0 Å². The van der Waals surface area contributed by atoms with Gasteiger partial charge in [-0.15, -0.1) is 0 Å². The van der Waals surface area contributed by atoms with Crippen LogP contribution in [0.4, 0.5) is 4.79 Å². The second-order valence-electron chi connectivity index (χ2n) is 8.01. The number of likely N-dealkylation sites (tertiary alicyclic amines) is 1. The molecule has 0 bridgehead atoms. The molecule has 2 aromatic rings. The van der Waals surface area contributed by atoms with Crippen LogP contribution in [-0.4, -0.2) is 34.3 Å². The third-order valence-electron chi connectivity index (χ3n) is 4.78. The van der Waals surface area contributed by atoms with Gasteiger partial charge in [0, 0.05) is 40.7 Å². The van der Waals surface area contributed by atoms with Crippen LogP contribution >= 0.6 is 15.9 Å². The number of fused-ring (bicyclic) bond motifs is 1. The SMILES string of the molecule is Cc1cc2cc(Br)ccc2n1CC1CCN(C(=O)OC(C)(C)C)CC1. The highest BCUT2D eigenvalue weighted by atomic mass is 79.9. The molecule has 1 aliphatic heterocycles. The van der Waals surface area contributed by atoms with Crippen LogP contribution in [0.1, 0.15) is 39.3 Å². The molecule has 4 nitrogen and oxygen atoms in total. The minimum Gasteiger partial charge on any atom is -0.444 e. The molecule has 2 heterocycles. The van der Waals surface area contributed by atoms with Crippen molar-refractivity contribution in [2.75, 3.05) is 13.1 Å². The standard InChI is InChI=1S/C20H27BrN2O2/c1-14-11-16-12-17(21)5-6-18(16)23(14)13-15-7-9-22(10-8-15)19(24)25-20(2,3)4/h5-6,11-12,15H,7-10,13H2,1-4H3. The third kappa shape index (κ3) is 4.38. The van der Waals surface area contributed by atoms with E-state index < -0.39 is 5.60 Å². The zero-order valence-electron chi connectivity index (χ0n) is 15.5. The molecule has 0 atom stereocenters. The maximum Gasteiger partial charge on any atom is 0.410 e. The Morgan fingerprint density at radius 1 is 1.24 bits per heavy atom. The molecule has 1 fully saturated rings. The molecule has 0 spiro atoms. The lowest BCUT2D eigenvalue weighted by molar-refractivity contribution is 0.0178. The van der Waals surface area contributed by atoms with Gasteiger partial charge in [-0.3, -0.25) is 0 Å². The molecule has 1 amide bonds. The summed E-state index contributed by atoms with van der Waals surface area (Å²) >= 11 is 3.55. The van der Waals surface area contributed by atoms with Gasteiger partial charge in [-0.2, -0.15) is 0 Å². The molecule has 0 radical (unpaired) electrons. The molecular weight excluding hydrogens is 380 g/mol. The van der Waals surface area contributed by atoms with Crippen molar-refractivity contribution in [2.45, 2.75) is 52.7 Å². The van der Waals surface area contributed by atoms with E-state index in [0.29, 0.717) is 5.92 Å². The number of benzene rings is 1. The van der Waals surface area contributed by atoms with Crippen molar-refractivity contribution in [1.82, 2.24) is 9.47 Å². The lowest BCUT2D eigenvalue weighted by Gasteiger charge is -2.33. The third-order valence-corrected chi connectivity index (χ3v) is 5.27. The van der Waals surface area contributed by atoms with Crippen LogP contribution in [0.15, 0.2) is 28.7 Å². The topological polar surface area (TPSA) is 34.5 Å². The van der Waals surface area contributed by atoms with Gasteiger partial charge in [-0.05, 0) is 70.7 Å². The van der Waals surface area contributed by atoms with Crippen LogP contribution in [0.3, 0.4) is 0 Å². The second-order valence-corrected chi connectivity index (χ2v) is 8.93. The summed E-state index contributed by atoms with van der Waals surface area (Å²) in [4.78, 5) is 14.0. The molecule has 1 aromatic carbocycles. The van der Waals surface area contributed by atoms with E-state index in [0.717, 1.165) is 36.9 Å². The van der Waals surface area contributed by atoms with Crippen LogP contribution in [0, 0.1) is 12.8 Å². The number of halogens is 1. The largest absolute Gasteiger partial charge is 0.444 e. The fourth-order valence-electron chi connectivity index (χ4n) is 3.50. The molecule has 3 rings (SSSR count). The van der Waals surface area contributed by atoms with Crippen molar-refractivity contribution in [3.8, 4) is 0 Å². The number of carbonyl (C=O) groups is 1. The predicted molar refractivity (Wildman–Crippen MR) is 105 cm³/mol. The lowest BCUT2D eigenvalue weighted by atomic mass is 9.97. The summed E-state index contributed by atoms with van der Waals surface area (Å²) in [5.74, 6) is 0.594. The zero-order chi connectivity index (χ0) is 18.2. The quantitative estimate of drug-likeness (QED) is 0.672. The van der Waals surface area contributed by atoms with Crippen molar-refractivity contribution in [1.29, 1.82) is 0 Å². The summed E-state index contributed by atoms with van der Waals surface area (Å²) in [6.45, 7) is 10.5. The Hall–Kier alpha value is -1.49. The van der Waals surface area contributed by atoms with E-state index in [1.165, 1.54) is 16.6 Å². The van der Waals surface area contributed by atoms with E-state index in [9.17, 15) is 4.79 Å². The molecule has 0 unspecified atom stereocenters. The van der Waals surface area contributed by atoms with Crippen LogP contribution in [0.2, 0.25) is 0 Å². The Morgan fingerprint density at radius 3 is 2.56 bits per heavy atom. The van der Waals surface area contributed by atoms with Crippen molar-refractivity contribution in [3.63, 3.8) is 0 Å². The highest BCUT2D eigenvalue weighted by Gasteiger charge is 2.27. The highest BCUT2D eigenvalue weighted by Crippen LogP contribution is 2.27. The van der Waals surface area contributed by atoms with Gasteiger partial charge < -0.3 is 14.2 Å². The van der Waals surface area contributed by atoms with Crippen LogP contribution < -0.4 is 0 Å². The molecule has 0 N–H and O–H groups in total. The van der Waals surface area contributed by atoms with Crippen molar-refractivity contribution >= 4 is 32.9 Å². The molecule has 1 saturated heterocycles. The Bertz CT molecular complexity index is 768. The smallest absolute Gasteiger partial charge is 0.410 e. The molecule has 25 heavy (non-hydrogen) atoms.